The van der Waals surface area contributed by atoms with Crippen molar-refractivity contribution < 1.29 is 14.3 Å². The highest BCUT2D eigenvalue weighted by Gasteiger charge is 2.17. The second-order valence-corrected chi connectivity index (χ2v) is 7.12. The summed E-state index contributed by atoms with van der Waals surface area (Å²) >= 11 is 1.49. The van der Waals surface area contributed by atoms with Crippen LogP contribution in [0.5, 0.6) is 0 Å². The molecule has 2 aromatic carbocycles. The summed E-state index contributed by atoms with van der Waals surface area (Å²) in [5.74, 6) is -0.799. The number of fused-ring (bicyclic) bond motifs is 2. The van der Waals surface area contributed by atoms with Crippen molar-refractivity contribution in [3.63, 3.8) is 0 Å². The van der Waals surface area contributed by atoms with E-state index in [1.165, 1.54) is 17.4 Å². The maximum atomic E-state index is 12.5. The van der Waals surface area contributed by atoms with Crippen LogP contribution in [0.2, 0.25) is 0 Å². The molecule has 0 fully saturated rings. The van der Waals surface area contributed by atoms with Gasteiger partial charge in [0.2, 0.25) is 5.78 Å². The second kappa shape index (κ2) is 7.17. The molecule has 0 unspecified atom stereocenters. The minimum atomic E-state index is -0.569. The number of ketones is 1. The van der Waals surface area contributed by atoms with Gasteiger partial charge >= 0.3 is 5.97 Å². The first-order valence-electron chi connectivity index (χ1n) is 8.43. The van der Waals surface area contributed by atoms with Crippen molar-refractivity contribution in [3.05, 3.63) is 70.9 Å². The molecule has 134 valence electrons. The molecule has 5 nitrogen and oxygen atoms in total. The van der Waals surface area contributed by atoms with Crippen LogP contribution in [0.25, 0.3) is 27.2 Å². The first-order valence-corrected chi connectivity index (χ1v) is 9.24. The smallest absolute Gasteiger partial charge is 0.331 e. The van der Waals surface area contributed by atoms with E-state index in [0.29, 0.717) is 10.6 Å². The van der Waals surface area contributed by atoms with Gasteiger partial charge in [-0.1, -0.05) is 30.3 Å². The van der Waals surface area contributed by atoms with Crippen LogP contribution in [0.1, 0.15) is 21.1 Å². The van der Waals surface area contributed by atoms with Gasteiger partial charge in [-0.25, -0.2) is 9.78 Å². The Morgan fingerprint density at radius 1 is 1.15 bits per heavy atom. The number of Topliss-reactive ketones (excluding diaryl/α,β-unsaturated/α-hetero) is 1. The molecule has 1 N–H and O–H groups in total. The fourth-order valence-corrected chi connectivity index (χ4v) is 3.86. The van der Waals surface area contributed by atoms with Crippen LogP contribution in [0, 0.1) is 6.92 Å². The van der Waals surface area contributed by atoms with E-state index in [4.69, 9.17) is 4.74 Å². The van der Waals surface area contributed by atoms with Crippen LogP contribution in [-0.4, -0.2) is 28.3 Å². The van der Waals surface area contributed by atoms with E-state index < -0.39 is 5.97 Å². The zero-order valence-electron chi connectivity index (χ0n) is 14.6. The molecular weight excluding hydrogens is 360 g/mol. The Balaban J connectivity index is 1.42. The Morgan fingerprint density at radius 2 is 1.93 bits per heavy atom. The number of aromatic nitrogens is 2. The normalized spacial score (nSPS) is 11.4. The van der Waals surface area contributed by atoms with Gasteiger partial charge in [-0.05, 0) is 31.2 Å². The Labute approximate surface area is 159 Å². The van der Waals surface area contributed by atoms with Crippen molar-refractivity contribution in [3.8, 4) is 0 Å². The van der Waals surface area contributed by atoms with E-state index in [1.54, 1.807) is 6.08 Å². The van der Waals surface area contributed by atoms with Gasteiger partial charge < -0.3 is 9.72 Å². The highest BCUT2D eigenvalue weighted by molar-refractivity contribution is 7.19. The number of hydrogen-bond donors (Lipinski definition) is 1. The standard InChI is InChI=1S/C21H16N2O3S/c1-13-21(14-6-2-3-7-15(14)22-13)17(24)12-26-20(25)11-10-19-23-16-8-4-5-9-18(16)27-19/h2-11,22H,12H2,1H3/b11-10+. The maximum Gasteiger partial charge on any atom is 0.331 e. The molecule has 0 saturated heterocycles. The number of thiazole rings is 1. The summed E-state index contributed by atoms with van der Waals surface area (Å²) in [5, 5.41) is 1.55. The van der Waals surface area contributed by atoms with E-state index in [2.05, 4.69) is 9.97 Å². The summed E-state index contributed by atoms with van der Waals surface area (Å²) in [6, 6.07) is 15.3. The van der Waals surface area contributed by atoms with Crippen LogP contribution in [0.3, 0.4) is 0 Å². The zero-order chi connectivity index (χ0) is 18.8. The molecule has 0 saturated carbocycles. The average molecular weight is 376 g/mol. The summed E-state index contributed by atoms with van der Waals surface area (Å²) in [4.78, 5) is 32.1. The lowest BCUT2D eigenvalue weighted by molar-refractivity contribution is -0.136. The average Bonchev–Trinajstić information content (AvgIpc) is 3.23. The lowest BCUT2D eigenvalue weighted by Crippen LogP contribution is -2.13. The van der Waals surface area contributed by atoms with E-state index >= 15 is 0 Å². The summed E-state index contributed by atoms with van der Waals surface area (Å²) in [6.45, 7) is 1.54. The van der Waals surface area contributed by atoms with Crippen LogP contribution in [-0.2, 0) is 9.53 Å². The van der Waals surface area contributed by atoms with Gasteiger partial charge in [-0.15, -0.1) is 11.3 Å². The molecular formula is C21H16N2O3S. The van der Waals surface area contributed by atoms with E-state index in [-0.39, 0.29) is 12.4 Å². The molecule has 27 heavy (non-hydrogen) atoms. The molecule has 0 atom stereocenters. The fraction of sp³-hybridized carbons (Fsp3) is 0.0952. The lowest BCUT2D eigenvalue weighted by atomic mass is 10.1. The first-order chi connectivity index (χ1) is 13.1. The van der Waals surface area contributed by atoms with Gasteiger partial charge in [-0.3, -0.25) is 4.79 Å². The number of ether oxygens (including phenoxy) is 1. The third-order valence-corrected chi connectivity index (χ3v) is 5.19. The molecule has 0 aliphatic carbocycles. The summed E-state index contributed by atoms with van der Waals surface area (Å²) < 4.78 is 6.17. The predicted molar refractivity (Wildman–Crippen MR) is 107 cm³/mol. The monoisotopic (exact) mass is 376 g/mol. The largest absolute Gasteiger partial charge is 0.454 e. The number of benzene rings is 2. The number of nitrogens with one attached hydrogen (secondary N) is 1. The van der Waals surface area contributed by atoms with Crippen LogP contribution < -0.4 is 0 Å². The molecule has 0 aliphatic heterocycles. The van der Waals surface area contributed by atoms with Crippen molar-refractivity contribution in [2.24, 2.45) is 0 Å². The molecule has 4 aromatic rings. The third-order valence-electron chi connectivity index (χ3n) is 4.19. The number of hydrogen-bond acceptors (Lipinski definition) is 5. The fourth-order valence-electron chi connectivity index (χ4n) is 2.99. The molecule has 0 amide bonds. The molecule has 4 rings (SSSR count). The number of carbonyl (C=O) groups is 2. The number of rotatable bonds is 5. The third kappa shape index (κ3) is 3.52. The van der Waals surface area contributed by atoms with Gasteiger partial charge in [0.15, 0.2) is 6.61 Å². The number of esters is 1. The topological polar surface area (TPSA) is 72.1 Å². The zero-order valence-corrected chi connectivity index (χ0v) is 15.4. The number of H-pyrrole nitrogens is 1. The number of carbonyl (C=O) groups excluding carboxylic acids is 2. The molecule has 0 spiro atoms. The van der Waals surface area contributed by atoms with Gasteiger partial charge in [-0.2, -0.15) is 0 Å². The number of para-hydroxylation sites is 2. The Morgan fingerprint density at radius 3 is 2.78 bits per heavy atom. The molecule has 0 bridgehead atoms. The minimum Gasteiger partial charge on any atom is -0.454 e. The van der Waals surface area contributed by atoms with Crippen LogP contribution in [0.15, 0.2) is 54.6 Å². The quantitative estimate of drug-likeness (QED) is 0.316. The van der Waals surface area contributed by atoms with Gasteiger partial charge in [0.05, 0.1) is 10.2 Å². The molecule has 2 heterocycles. The molecule has 0 aliphatic rings. The first kappa shape index (κ1) is 17.2. The summed E-state index contributed by atoms with van der Waals surface area (Å²) in [5.41, 5.74) is 3.11. The van der Waals surface area contributed by atoms with E-state index in [0.717, 1.165) is 26.8 Å². The SMILES string of the molecule is Cc1[nH]c2ccccc2c1C(=O)COC(=O)/C=C/c1nc2ccccc2s1. The molecule has 2 aromatic heterocycles. The van der Waals surface area contributed by atoms with Gasteiger partial charge in [0, 0.05) is 28.2 Å². The highest BCUT2D eigenvalue weighted by atomic mass is 32.1. The van der Waals surface area contributed by atoms with Gasteiger partial charge in [0.25, 0.3) is 0 Å². The van der Waals surface area contributed by atoms with Crippen molar-refractivity contribution >= 4 is 50.3 Å². The van der Waals surface area contributed by atoms with Crippen LogP contribution >= 0.6 is 11.3 Å². The van der Waals surface area contributed by atoms with Crippen molar-refractivity contribution in [1.29, 1.82) is 0 Å². The highest BCUT2D eigenvalue weighted by Crippen LogP contribution is 2.23. The van der Waals surface area contributed by atoms with Crippen LogP contribution in [0.4, 0.5) is 0 Å². The van der Waals surface area contributed by atoms with Gasteiger partial charge in [0.1, 0.15) is 5.01 Å². The Bertz CT molecular complexity index is 1150. The predicted octanol–water partition coefficient (Wildman–Crippen LogP) is 4.53. The lowest BCUT2D eigenvalue weighted by Gasteiger charge is -2.02. The van der Waals surface area contributed by atoms with E-state index in [1.807, 2.05) is 55.5 Å². The van der Waals surface area contributed by atoms with E-state index in [9.17, 15) is 9.59 Å². The number of nitrogens with zero attached hydrogens (tertiary/aromatic N) is 1. The number of aryl methyl sites for hydroxylation is 1. The van der Waals surface area contributed by atoms with Crippen molar-refractivity contribution in [2.45, 2.75) is 6.92 Å². The number of aromatic amines is 1. The molecule has 6 heteroatoms. The Hall–Kier alpha value is -3.25. The molecule has 0 radical (unpaired) electrons. The maximum absolute atomic E-state index is 12.5. The minimum absolute atomic E-state index is 0.230. The Kier molecular flexibility index (Phi) is 4.56. The van der Waals surface area contributed by atoms with Crippen molar-refractivity contribution in [1.82, 2.24) is 9.97 Å². The second-order valence-electron chi connectivity index (χ2n) is 6.05. The summed E-state index contributed by atoms with van der Waals surface area (Å²) in [7, 11) is 0. The van der Waals surface area contributed by atoms with Crippen molar-refractivity contribution in [2.75, 3.05) is 6.61 Å². The summed E-state index contributed by atoms with van der Waals surface area (Å²) in [6.07, 6.45) is 2.90.